The fourth-order valence-electron chi connectivity index (χ4n) is 2.95. The number of nitrogens with one attached hydrogen (secondary N) is 2. The summed E-state index contributed by atoms with van der Waals surface area (Å²) < 4.78 is 62.8. The van der Waals surface area contributed by atoms with Gasteiger partial charge in [0.2, 0.25) is 0 Å². The van der Waals surface area contributed by atoms with E-state index in [1.165, 1.54) is 0 Å². The van der Waals surface area contributed by atoms with Crippen molar-refractivity contribution in [2.24, 2.45) is 0 Å². The van der Waals surface area contributed by atoms with Gasteiger partial charge >= 0.3 is 18.4 Å². The molecule has 12 heteroatoms. The van der Waals surface area contributed by atoms with E-state index in [1.54, 1.807) is 0 Å². The Kier molecular flexibility index (Phi) is 3.94. The topological polar surface area (TPSA) is 90.3 Å². The molecular weight excluding hydrogens is 374 g/mol. The first-order valence-corrected chi connectivity index (χ1v) is 7.99. The first kappa shape index (κ1) is 17.5. The van der Waals surface area contributed by atoms with Crippen LogP contribution >= 0.6 is 0 Å². The molecule has 0 saturated heterocycles. The second-order valence-corrected chi connectivity index (χ2v) is 5.99. The lowest BCUT2D eigenvalue weighted by Crippen LogP contribution is -2.41. The molecule has 2 aliphatic rings. The molecule has 0 aliphatic carbocycles. The Hall–Kier alpha value is -2.89. The summed E-state index contributed by atoms with van der Waals surface area (Å²) in [4.78, 5) is 12.0. The average molecular weight is 387 g/mol. The van der Waals surface area contributed by atoms with Crippen LogP contribution in [-0.4, -0.2) is 27.1 Å². The Bertz CT molecular complexity index is 902. The maximum absolute atomic E-state index is 13.7. The van der Waals surface area contributed by atoms with E-state index in [4.69, 9.17) is 0 Å². The summed E-state index contributed by atoms with van der Waals surface area (Å²) in [7, 11) is 0. The third kappa shape index (κ3) is 3.39. The van der Waals surface area contributed by atoms with Crippen LogP contribution in [0.2, 0.25) is 0 Å². The van der Waals surface area contributed by atoms with Gasteiger partial charge in [-0.15, -0.1) is 19.0 Å². The number of benzene rings is 1. The number of carbonyl (C=O) groups is 1. The molecule has 1 aromatic carbocycles. The zero-order chi connectivity index (χ0) is 19.2. The van der Waals surface area contributed by atoms with Crippen LogP contribution in [0.1, 0.15) is 23.6 Å². The molecule has 2 N–H and O–H groups in total. The van der Waals surface area contributed by atoms with E-state index in [9.17, 15) is 22.4 Å². The van der Waals surface area contributed by atoms with E-state index in [0.29, 0.717) is 5.82 Å². The number of halogens is 4. The molecule has 0 atom stereocenters. The molecule has 1 aromatic heterocycles. The summed E-state index contributed by atoms with van der Waals surface area (Å²) in [6, 6.07) is 2.18. The second-order valence-electron chi connectivity index (χ2n) is 5.99. The van der Waals surface area contributed by atoms with Crippen molar-refractivity contribution >= 4 is 11.7 Å². The molecule has 27 heavy (non-hydrogen) atoms. The van der Waals surface area contributed by atoms with Crippen molar-refractivity contribution in [1.82, 2.24) is 20.1 Å². The summed E-state index contributed by atoms with van der Waals surface area (Å²) in [5, 5.41) is 12.9. The second kappa shape index (κ2) is 6.08. The summed E-state index contributed by atoms with van der Waals surface area (Å²) in [6.07, 6.45) is -6.93. The maximum Gasteiger partial charge on any atom is 0.540 e. The van der Waals surface area contributed by atoms with Crippen LogP contribution in [0.3, 0.4) is 0 Å². The standard InChI is InChI=1S/C15H13F4N5O3/c16-14(17)9-6-8(3-4-10(9)26-15(18,19)27-14)21-13(25)20-7-12-23-22-11-2-1-5-24(11)12/h3-4,6H,1-2,5,7H2,(H2,20,21,25). The van der Waals surface area contributed by atoms with E-state index < -0.39 is 29.7 Å². The Morgan fingerprint density at radius 2 is 2.07 bits per heavy atom. The van der Waals surface area contributed by atoms with Crippen LogP contribution in [-0.2, 0) is 30.4 Å². The number of ether oxygens (including phenoxy) is 2. The first-order valence-electron chi connectivity index (χ1n) is 7.99. The van der Waals surface area contributed by atoms with Gasteiger partial charge < -0.3 is 19.9 Å². The predicted octanol–water partition coefficient (Wildman–Crippen LogP) is 2.55. The van der Waals surface area contributed by atoms with Crippen molar-refractivity contribution in [1.29, 1.82) is 0 Å². The van der Waals surface area contributed by atoms with Crippen LogP contribution in [0.4, 0.5) is 28.0 Å². The highest BCUT2D eigenvalue weighted by atomic mass is 19.3. The molecule has 2 aliphatic heterocycles. The molecule has 0 spiro atoms. The first-order chi connectivity index (χ1) is 12.7. The van der Waals surface area contributed by atoms with Crippen molar-refractivity contribution in [3.8, 4) is 5.75 Å². The van der Waals surface area contributed by atoms with Crippen molar-refractivity contribution in [2.75, 3.05) is 5.32 Å². The number of urea groups is 1. The van der Waals surface area contributed by atoms with Gasteiger partial charge in [0.25, 0.3) is 0 Å². The zero-order valence-electron chi connectivity index (χ0n) is 13.6. The van der Waals surface area contributed by atoms with Gasteiger partial charge in [0, 0.05) is 18.7 Å². The van der Waals surface area contributed by atoms with Crippen LogP contribution in [0.15, 0.2) is 18.2 Å². The van der Waals surface area contributed by atoms with Crippen LogP contribution in [0.25, 0.3) is 0 Å². The Morgan fingerprint density at radius 1 is 1.26 bits per heavy atom. The summed E-state index contributed by atoms with van der Waals surface area (Å²) in [5.41, 5.74) is -0.962. The van der Waals surface area contributed by atoms with Gasteiger partial charge in [0.1, 0.15) is 11.6 Å². The van der Waals surface area contributed by atoms with Gasteiger partial charge in [0.05, 0.1) is 12.1 Å². The number of aryl methyl sites for hydroxylation is 1. The summed E-state index contributed by atoms with van der Waals surface area (Å²) >= 11 is 0. The van der Waals surface area contributed by atoms with Crippen LogP contribution < -0.4 is 15.4 Å². The van der Waals surface area contributed by atoms with E-state index in [1.807, 2.05) is 4.57 Å². The number of nitrogens with zero attached hydrogens (tertiary/aromatic N) is 3. The fraction of sp³-hybridized carbons (Fsp3) is 0.400. The lowest BCUT2D eigenvalue weighted by Gasteiger charge is -2.30. The molecule has 2 amide bonds. The van der Waals surface area contributed by atoms with Gasteiger partial charge in [-0.3, -0.25) is 0 Å². The summed E-state index contributed by atoms with van der Waals surface area (Å²) in [5.74, 6) is 0.695. The fourth-order valence-corrected chi connectivity index (χ4v) is 2.95. The number of aromatic nitrogens is 3. The monoisotopic (exact) mass is 387 g/mol. The van der Waals surface area contributed by atoms with Crippen molar-refractivity contribution in [2.45, 2.75) is 38.3 Å². The van der Waals surface area contributed by atoms with E-state index in [-0.39, 0.29) is 12.2 Å². The van der Waals surface area contributed by atoms with Gasteiger partial charge in [0.15, 0.2) is 5.82 Å². The van der Waals surface area contributed by atoms with Crippen molar-refractivity contribution in [3.05, 3.63) is 35.4 Å². The van der Waals surface area contributed by atoms with Gasteiger partial charge in [-0.1, -0.05) is 0 Å². The van der Waals surface area contributed by atoms with E-state index >= 15 is 0 Å². The molecule has 0 saturated carbocycles. The van der Waals surface area contributed by atoms with Crippen LogP contribution in [0, 0.1) is 0 Å². The molecule has 0 radical (unpaired) electrons. The number of alkyl halides is 4. The maximum atomic E-state index is 13.7. The highest BCUT2D eigenvalue weighted by Gasteiger charge is 2.54. The smallest absolute Gasteiger partial charge is 0.409 e. The molecule has 144 valence electrons. The molecule has 0 bridgehead atoms. The lowest BCUT2D eigenvalue weighted by atomic mass is 10.1. The Labute approximate surface area is 149 Å². The van der Waals surface area contributed by atoms with Gasteiger partial charge in [-0.2, -0.15) is 8.78 Å². The number of rotatable bonds is 3. The Balaban J connectivity index is 1.43. The number of hydrogen-bond acceptors (Lipinski definition) is 5. The minimum Gasteiger partial charge on any atom is -0.409 e. The van der Waals surface area contributed by atoms with Crippen molar-refractivity contribution < 1.29 is 31.8 Å². The summed E-state index contributed by atoms with van der Waals surface area (Å²) in [6.45, 7) is 0.865. The Morgan fingerprint density at radius 3 is 2.89 bits per heavy atom. The van der Waals surface area contributed by atoms with Gasteiger partial charge in [-0.05, 0) is 24.6 Å². The number of amides is 2. The van der Waals surface area contributed by atoms with Crippen molar-refractivity contribution in [3.63, 3.8) is 0 Å². The SMILES string of the molecule is O=C(NCc1nnc2n1CCC2)Nc1ccc2c(c1)C(F)(F)OC(F)(F)O2. The highest BCUT2D eigenvalue weighted by molar-refractivity contribution is 5.89. The normalized spacial score (nSPS) is 19.0. The average Bonchev–Trinajstić information content (AvgIpc) is 3.16. The predicted molar refractivity (Wildman–Crippen MR) is 81.2 cm³/mol. The minimum atomic E-state index is -4.44. The third-order valence-corrected chi connectivity index (χ3v) is 4.12. The molecule has 0 fully saturated rings. The molecule has 4 rings (SSSR count). The van der Waals surface area contributed by atoms with E-state index in [2.05, 4.69) is 30.3 Å². The largest absolute Gasteiger partial charge is 0.540 e. The lowest BCUT2D eigenvalue weighted by molar-refractivity contribution is -0.461. The molecule has 3 heterocycles. The highest BCUT2D eigenvalue weighted by Crippen LogP contribution is 2.46. The van der Waals surface area contributed by atoms with Crippen LogP contribution in [0.5, 0.6) is 5.75 Å². The minimum absolute atomic E-state index is 0.0465. The molecular formula is C15H13F4N5O3. The van der Waals surface area contributed by atoms with E-state index in [0.717, 1.165) is 43.4 Å². The number of fused-ring (bicyclic) bond motifs is 2. The molecule has 2 aromatic rings. The quantitative estimate of drug-likeness (QED) is 0.790. The molecule has 8 nitrogen and oxygen atoms in total. The number of hydrogen-bond donors (Lipinski definition) is 2. The number of anilines is 1. The number of carbonyl (C=O) groups excluding carboxylic acids is 1. The van der Waals surface area contributed by atoms with Gasteiger partial charge in [-0.25, -0.2) is 9.53 Å². The zero-order valence-corrected chi connectivity index (χ0v) is 13.6. The molecule has 0 unspecified atom stereocenters. The third-order valence-electron chi connectivity index (χ3n) is 4.12.